The van der Waals surface area contributed by atoms with Crippen LogP contribution >= 0.6 is 0 Å². The second kappa shape index (κ2) is 8.02. The van der Waals surface area contributed by atoms with E-state index in [1.807, 2.05) is 12.2 Å². The first kappa shape index (κ1) is 17.5. The van der Waals surface area contributed by atoms with Gasteiger partial charge in [0, 0.05) is 0 Å². The van der Waals surface area contributed by atoms with Gasteiger partial charge in [0.2, 0.25) is 0 Å². The Morgan fingerprint density at radius 1 is 1.10 bits per heavy atom. The molecule has 0 spiro atoms. The average Bonchev–Trinajstić information content (AvgIpc) is 2.37. The highest BCUT2D eigenvalue weighted by Gasteiger charge is 2.26. The third-order valence-electron chi connectivity index (χ3n) is 4.15. The van der Waals surface area contributed by atoms with E-state index < -0.39 is 0 Å². The topological polar surface area (TPSA) is 0 Å². The van der Waals surface area contributed by atoms with Crippen molar-refractivity contribution in [2.45, 2.75) is 53.9 Å². The zero-order chi connectivity index (χ0) is 15.9. The van der Waals surface area contributed by atoms with Crippen molar-refractivity contribution in [3.8, 4) is 0 Å². The lowest BCUT2D eigenvalue weighted by Crippen LogP contribution is -2.19. The van der Waals surface area contributed by atoms with Crippen LogP contribution in [-0.2, 0) is 0 Å². The second-order valence-electron chi connectivity index (χ2n) is 6.68. The van der Waals surface area contributed by atoms with E-state index >= 15 is 0 Å². The van der Waals surface area contributed by atoms with Crippen LogP contribution in [0.25, 0.3) is 0 Å². The summed E-state index contributed by atoms with van der Waals surface area (Å²) in [6.45, 7) is 14.9. The Balaban J connectivity index is 2.80. The summed E-state index contributed by atoms with van der Waals surface area (Å²) in [6, 6.07) is 0. The van der Waals surface area contributed by atoms with Crippen molar-refractivity contribution < 1.29 is 0 Å². The molecule has 0 nitrogen and oxygen atoms in total. The van der Waals surface area contributed by atoms with E-state index in [2.05, 4.69) is 71.6 Å². The van der Waals surface area contributed by atoms with Gasteiger partial charge in [0.1, 0.15) is 0 Å². The molecule has 0 bridgehead atoms. The van der Waals surface area contributed by atoms with Gasteiger partial charge in [-0.3, -0.25) is 0 Å². The molecule has 0 saturated carbocycles. The third-order valence-corrected chi connectivity index (χ3v) is 4.15. The maximum Gasteiger partial charge on any atom is -0.0104 e. The first-order chi connectivity index (χ1) is 9.86. The molecular formula is C21H30. The Morgan fingerprint density at radius 3 is 2.38 bits per heavy atom. The fourth-order valence-corrected chi connectivity index (χ4v) is 2.87. The van der Waals surface area contributed by atoms with Crippen molar-refractivity contribution >= 4 is 0 Å². The number of hydrogen-bond acceptors (Lipinski definition) is 0. The zero-order valence-electron chi connectivity index (χ0n) is 14.4. The van der Waals surface area contributed by atoms with Crippen molar-refractivity contribution in [3.05, 3.63) is 71.4 Å². The summed E-state index contributed by atoms with van der Waals surface area (Å²) < 4.78 is 0. The molecule has 1 rings (SSSR count). The van der Waals surface area contributed by atoms with E-state index in [1.54, 1.807) is 5.57 Å². The standard InChI is InChI=1S/C21H30/c1-7-10-17(2)11-8-12-18(3)14-15-20-19(4)13-9-16-21(20,5)6/h7-8,10-12,14-15H,1,9,13,16H2,2-6H3/b11-8+,15-14+,17-10+,18-12+. The Bertz CT molecular complexity index is 516. The molecule has 0 saturated heterocycles. The number of rotatable bonds is 5. The van der Waals surface area contributed by atoms with Crippen LogP contribution in [0.2, 0.25) is 0 Å². The summed E-state index contributed by atoms with van der Waals surface area (Å²) in [7, 11) is 0. The molecule has 0 N–H and O–H groups in total. The van der Waals surface area contributed by atoms with Gasteiger partial charge < -0.3 is 0 Å². The van der Waals surface area contributed by atoms with Gasteiger partial charge in [0.15, 0.2) is 0 Å². The molecule has 0 fully saturated rings. The minimum atomic E-state index is 0.318. The van der Waals surface area contributed by atoms with Gasteiger partial charge in [-0.1, -0.05) is 79.7 Å². The van der Waals surface area contributed by atoms with E-state index in [0.717, 1.165) is 0 Å². The summed E-state index contributed by atoms with van der Waals surface area (Å²) in [5.41, 5.74) is 5.88. The monoisotopic (exact) mass is 282 g/mol. The minimum Gasteiger partial charge on any atom is -0.0991 e. The normalized spacial score (nSPS) is 20.6. The zero-order valence-corrected chi connectivity index (χ0v) is 14.4. The van der Waals surface area contributed by atoms with Crippen LogP contribution in [0.15, 0.2) is 71.4 Å². The van der Waals surface area contributed by atoms with E-state index in [9.17, 15) is 0 Å². The molecule has 0 heteroatoms. The van der Waals surface area contributed by atoms with Gasteiger partial charge >= 0.3 is 0 Å². The average molecular weight is 282 g/mol. The lowest BCUT2D eigenvalue weighted by atomic mass is 9.72. The molecular weight excluding hydrogens is 252 g/mol. The van der Waals surface area contributed by atoms with Gasteiger partial charge in [-0.05, 0) is 51.0 Å². The van der Waals surface area contributed by atoms with E-state index in [4.69, 9.17) is 0 Å². The molecule has 0 amide bonds. The van der Waals surface area contributed by atoms with Crippen LogP contribution in [0.4, 0.5) is 0 Å². The van der Waals surface area contributed by atoms with E-state index in [-0.39, 0.29) is 0 Å². The molecule has 21 heavy (non-hydrogen) atoms. The summed E-state index contributed by atoms with van der Waals surface area (Å²) >= 11 is 0. The second-order valence-corrected chi connectivity index (χ2v) is 6.68. The SMILES string of the molecule is C=C/C=C(C)/C=C/C=C(C)/C=C/C1=C(C)CCCC1(C)C. The fraction of sp³-hybridized carbons (Fsp3) is 0.429. The molecule has 0 unspecified atom stereocenters. The highest BCUT2D eigenvalue weighted by molar-refractivity contribution is 5.37. The molecule has 0 aromatic heterocycles. The van der Waals surface area contributed by atoms with Gasteiger partial charge in [0.05, 0.1) is 0 Å². The Kier molecular flexibility index (Phi) is 6.68. The van der Waals surface area contributed by atoms with Crippen LogP contribution in [0.5, 0.6) is 0 Å². The highest BCUT2D eigenvalue weighted by atomic mass is 14.3. The molecule has 0 aromatic rings. The van der Waals surface area contributed by atoms with Crippen LogP contribution in [-0.4, -0.2) is 0 Å². The van der Waals surface area contributed by atoms with Crippen molar-refractivity contribution in [1.82, 2.24) is 0 Å². The largest absolute Gasteiger partial charge is 0.0991 e. The maximum atomic E-state index is 3.70. The van der Waals surface area contributed by atoms with Crippen molar-refractivity contribution in [2.24, 2.45) is 5.41 Å². The van der Waals surface area contributed by atoms with Gasteiger partial charge in [-0.15, -0.1) is 0 Å². The lowest BCUT2D eigenvalue weighted by molar-refractivity contribution is 0.377. The first-order valence-electron chi connectivity index (χ1n) is 7.89. The van der Waals surface area contributed by atoms with Crippen molar-refractivity contribution in [3.63, 3.8) is 0 Å². The molecule has 0 aromatic carbocycles. The molecule has 0 atom stereocenters. The molecule has 0 aliphatic heterocycles. The smallest absolute Gasteiger partial charge is 0.0104 e. The van der Waals surface area contributed by atoms with Crippen LogP contribution in [0.1, 0.15) is 53.9 Å². The highest BCUT2D eigenvalue weighted by Crippen LogP contribution is 2.40. The molecule has 0 heterocycles. The minimum absolute atomic E-state index is 0.318. The molecule has 114 valence electrons. The summed E-state index contributed by atoms with van der Waals surface area (Å²) in [5, 5.41) is 0. The Hall–Kier alpha value is -1.56. The summed E-state index contributed by atoms with van der Waals surface area (Å²) in [5.74, 6) is 0. The quantitative estimate of drug-likeness (QED) is 0.492. The van der Waals surface area contributed by atoms with E-state index in [0.29, 0.717) is 5.41 Å². The van der Waals surface area contributed by atoms with Gasteiger partial charge in [-0.2, -0.15) is 0 Å². The van der Waals surface area contributed by atoms with Crippen molar-refractivity contribution in [2.75, 3.05) is 0 Å². The van der Waals surface area contributed by atoms with Gasteiger partial charge in [0.25, 0.3) is 0 Å². The number of hydrogen-bond donors (Lipinski definition) is 0. The third kappa shape index (κ3) is 5.75. The number of allylic oxidation sites excluding steroid dienone is 11. The maximum absolute atomic E-state index is 3.70. The predicted molar refractivity (Wildman–Crippen MR) is 96.3 cm³/mol. The summed E-state index contributed by atoms with van der Waals surface area (Å²) in [6.07, 6.45) is 18.6. The Morgan fingerprint density at radius 2 is 1.76 bits per heavy atom. The first-order valence-corrected chi connectivity index (χ1v) is 7.89. The van der Waals surface area contributed by atoms with Gasteiger partial charge in [-0.25, -0.2) is 0 Å². The predicted octanol–water partition coefficient (Wildman–Crippen LogP) is 6.70. The summed E-state index contributed by atoms with van der Waals surface area (Å²) in [4.78, 5) is 0. The van der Waals surface area contributed by atoms with Crippen LogP contribution < -0.4 is 0 Å². The van der Waals surface area contributed by atoms with Crippen molar-refractivity contribution in [1.29, 1.82) is 0 Å². The fourth-order valence-electron chi connectivity index (χ4n) is 2.87. The van der Waals surface area contributed by atoms with Crippen LogP contribution in [0, 0.1) is 5.41 Å². The molecule has 0 radical (unpaired) electrons. The Labute approximate surface area is 131 Å². The lowest BCUT2D eigenvalue weighted by Gasteiger charge is -2.32. The van der Waals surface area contributed by atoms with Crippen LogP contribution in [0.3, 0.4) is 0 Å². The molecule has 1 aliphatic rings. The molecule has 1 aliphatic carbocycles. The van der Waals surface area contributed by atoms with E-state index in [1.165, 1.54) is 36.0 Å².